The van der Waals surface area contributed by atoms with Crippen LogP contribution in [-0.2, 0) is 6.42 Å². The molecule has 100 valence electrons. The molecule has 1 aliphatic carbocycles. The quantitative estimate of drug-likeness (QED) is 0.913. The fourth-order valence-electron chi connectivity index (χ4n) is 2.69. The Hall–Kier alpha value is -1.75. The topological polar surface area (TPSA) is 77.8 Å². The summed E-state index contributed by atoms with van der Waals surface area (Å²) < 4.78 is 5.33. The molecule has 2 aromatic heterocycles. The molecule has 0 bridgehead atoms. The Kier molecular flexibility index (Phi) is 3.06. The lowest BCUT2D eigenvalue weighted by molar-refractivity contribution is 0.329. The molecular formula is C14H18N4O. The molecule has 2 heterocycles. The molecule has 2 aromatic rings. The summed E-state index contributed by atoms with van der Waals surface area (Å²) in [7, 11) is 0. The Morgan fingerprint density at radius 2 is 2.16 bits per heavy atom. The normalized spacial score (nSPS) is 17.8. The van der Waals surface area contributed by atoms with Crippen molar-refractivity contribution in [2.45, 2.75) is 44.6 Å². The van der Waals surface area contributed by atoms with E-state index in [1.165, 1.54) is 12.8 Å². The predicted octanol–water partition coefficient (Wildman–Crippen LogP) is 2.25. The second kappa shape index (κ2) is 4.74. The zero-order valence-corrected chi connectivity index (χ0v) is 11.1. The van der Waals surface area contributed by atoms with Gasteiger partial charge in [-0.15, -0.1) is 0 Å². The summed E-state index contributed by atoms with van der Waals surface area (Å²) in [5.74, 6) is 1.23. The average Bonchev–Trinajstić information content (AvgIpc) is 3.00. The summed E-state index contributed by atoms with van der Waals surface area (Å²) in [6.45, 7) is 2.01. The van der Waals surface area contributed by atoms with Crippen molar-refractivity contribution in [3.8, 4) is 11.4 Å². The SMILES string of the molecule is Cc1ccncc1-c1noc(CC2(N)CCCC2)n1. The minimum absolute atomic E-state index is 0.159. The maximum atomic E-state index is 6.33. The van der Waals surface area contributed by atoms with Gasteiger partial charge in [-0.05, 0) is 31.4 Å². The van der Waals surface area contributed by atoms with Crippen molar-refractivity contribution in [3.63, 3.8) is 0 Å². The zero-order valence-electron chi connectivity index (χ0n) is 11.1. The molecular weight excluding hydrogens is 240 g/mol. The number of hydrogen-bond donors (Lipinski definition) is 1. The van der Waals surface area contributed by atoms with Crippen molar-refractivity contribution in [2.75, 3.05) is 0 Å². The van der Waals surface area contributed by atoms with Gasteiger partial charge in [0, 0.05) is 29.9 Å². The number of rotatable bonds is 3. The third-order valence-corrected chi connectivity index (χ3v) is 3.85. The van der Waals surface area contributed by atoms with Crippen molar-refractivity contribution >= 4 is 0 Å². The second-order valence-electron chi connectivity index (χ2n) is 5.45. The lowest BCUT2D eigenvalue weighted by atomic mass is 9.95. The van der Waals surface area contributed by atoms with Crippen LogP contribution < -0.4 is 5.73 Å². The highest BCUT2D eigenvalue weighted by Gasteiger charge is 2.31. The van der Waals surface area contributed by atoms with E-state index in [4.69, 9.17) is 10.3 Å². The largest absolute Gasteiger partial charge is 0.339 e. The van der Waals surface area contributed by atoms with Gasteiger partial charge in [-0.1, -0.05) is 18.0 Å². The van der Waals surface area contributed by atoms with Gasteiger partial charge in [0.1, 0.15) is 0 Å². The van der Waals surface area contributed by atoms with Gasteiger partial charge in [0.15, 0.2) is 0 Å². The van der Waals surface area contributed by atoms with E-state index in [0.29, 0.717) is 18.1 Å². The highest BCUT2D eigenvalue weighted by Crippen LogP contribution is 2.30. The van der Waals surface area contributed by atoms with Crippen molar-refractivity contribution in [2.24, 2.45) is 5.73 Å². The molecule has 1 aliphatic rings. The standard InChI is InChI=1S/C14H18N4O/c1-10-4-7-16-9-11(10)13-17-12(19-18-13)8-14(15)5-2-3-6-14/h4,7,9H,2-3,5-6,8,15H2,1H3. The monoisotopic (exact) mass is 258 g/mol. The van der Waals surface area contributed by atoms with Gasteiger partial charge in [0.25, 0.3) is 0 Å². The first-order chi connectivity index (χ1) is 9.16. The van der Waals surface area contributed by atoms with E-state index in [-0.39, 0.29) is 5.54 Å². The molecule has 2 N–H and O–H groups in total. The molecule has 3 rings (SSSR count). The number of pyridine rings is 1. The van der Waals surface area contributed by atoms with Gasteiger partial charge in [-0.2, -0.15) is 4.98 Å². The van der Waals surface area contributed by atoms with E-state index in [1.54, 1.807) is 12.4 Å². The summed E-state index contributed by atoms with van der Waals surface area (Å²) in [5, 5.41) is 4.04. The summed E-state index contributed by atoms with van der Waals surface area (Å²) in [5.41, 5.74) is 8.17. The molecule has 0 aromatic carbocycles. The van der Waals surface area contributed by atoms with E-state index in [9.17, 15) is 0 Å². The van der Waals surface area contributed by atoms with E-state index in [0.717, 1.165) is 24.0 Å². The van der Waals surface area contributed by atoms with Crippen LogP contribution in [0.2, 0.25) is 0 Å². The Labute approximate surface area is 112 Å². The summed E-state index contributed by atoms with van der Waals surface area (Å²) >= 11 is 0. The maximum Gasteiger partial charge on any atom is 0.228 e. The van der Waals surface area contributed by atoms with Crippen LogP contribution in [0, 0.1) is 6.92 Å². The highest BCUT2D eigenvalue weighted by atomic mass is 16.5. The second-order valence-corrected chi connectivity index (χ2v) is 5.45. The van der Waals surface area contributed by atoms with Crippen LogP contribution in [0.25, 0.3) is 11.4 Å². The fourth-order valence-corrected chi connectivity index (χ4v) is 2.69. The van der Waals surface area contributed by atoms with Crippen LogP contribution in [-0.4, -0.2) is 20.7 Å². The molecule has 5 heteroatoms. The molecule has 5 nitrogen and oxygen atoms in total. The Balaban J connectivity index is 1.82. The third-order valence-electron chi connectivity index (χ3n) is 3.85. The first kappa shape index (κ1) is 12.3. The smallest absolute Gasteiger partial charge is 0.228 e. The van der Waals surface area contributed by atoms with Crippen LogP contribution >= 0.6 is 0 Å². The van der Waals surface area contributed by atoms with Gasteiger partial charge in [-0.25, -0.2) is 0 Å². The molecule has 0 saturated heterocycles. The van der Waals surface area contributed by atoms with Crippen LogP contribution in [0.3, 0.4) is 0 Å². The summed E-state index contributed by atoms with van der Waals surface area (Å²) in [4.78, 5) is 8.55. The molecule has 0 unspecified atom stereocenters. The zero-order chi connectivity index (χ0) is 13.3. The first-order valence-corrected chi connectivity index (χ1v) is 6.69. The van der Waals surface area contributed by atoms with E-state index >= 15 is 0 Å². The third kappa shape index (κ3) is 2.51. The van der Waals surface area contributed by atoms with Crippen LogP contribution in [0.4, 0.5) is 0 Å². The van der Waals surface area contributed by atoms with Crippen molar-refractivity contribution in [1.82, 2.24) is 15.1 Å². The number of nitrogens with zero attached hydrogens (tertiary/aromatic N) is 3. The number of aromatic nitrogens is 3. The van der Waals surface area contributed by atoms with E-state index in [2.05, 4.69) is 15.1 Å². The Bertz CT molecular complexity index is 572. The predicted molar refractivity (Wildman–Crippen MR) is 71.4 cm³/mol. The molecule has 0 amide bonds. The van der Waals surface area contributed by atoms with Crippen molar-refractivity contribution < 1.29 is 4.52 Å². The van der Waals surface area contributed by atoms with Gasteiger partial charge >= 0.3 is 0 Å². The van der Waals surface area contributed by atoms with Gasteiger partial charge < -0.3 is 10.3 Å². The van der Waals surface area contributed by atoms with Crippen molar-refractivity contribution in [3.05, 3.63) is 29.9 Å². The van der Waals surface area contributed by atoms with Crippen LogP contribution in [0.1, 0.15) is 37.1 Å². The lowest BCUT2D eigenvalue weighted by Gasteiger charge is -2.20. The molecule has 19 heavy (non-hydrogen) atoms. The summed E-state index contributed by atoms with van der Waals surface area (Å²) in [6, 6.07) is 1.94. The van der Waals surface area contributed by atoms with Crippen LogP contribution in [0.15, 0.2) is 23.0 Å². The molecule has 0 radical (unpaired) electrons. The molecule has 1 fully saturated rings. The van der Waals surface area contributed by atoms with E-state index < -0.39 is 0 Å². The first-order valence-electron chi connectivity index (χ1n) is 6.69. The molecule has 0 atom stereocenters. The lowest BCUT2D eigenvalue weighted by Crippen LogP contribution is -2.38. The number of nitrogens with two attached hydrogens (primary N) is 1. The molecule has 0 spiro atoms. The van der Waals surface area contributed by atoms with E-state index in [1.807, 2.05) is 13.0 Å². The maximum absolute atomic E-state index is 6.33. The van der Waals surface area contributed by atoms with Gasteiger partial charge in [-0.3, -0.25) is 4.98 Å². The van der Waals surface area contributed by atoms with Gasteiger partial charge in [0.2, 0.25) is 11.7 Å². The highest BCUT2D eigenvalue weighted by molar-refractivity contribution is 5.57. The summed E-state index contributed by atoms with van der Waals surface area (Å²) in [6.07, 6.45) is 8.65. The minimum atomic E-state index is -0.159. The molecule has 1 saturated carbocycles. The number of hydrogen-bond acceptors (Lipinski definition) is 5. The molecule has 0 aliphatic heterocycles. The van der Waals surface area contributed by atoms with Crippen molar-refractivity contribution in [1.29, 1.82) is 0 Å². The fraction of sp³-hybridized carbons (Fsp3) is 0.500. The Morgan fingerprint density at radius 3 is 2.89 bits per heavy atom. The average molecular weight is 258 g/mol. The van der Waals surface area contributed by atoms with Gasteiger partial charge in [0.05, 0.1) is 0 Å². The minimum Gasteiger partial charge on any atom is -0.339 e. The van der Waals surface area contributed by atoms with Crippen LogP contribution in [0.5, 0.6) is 0 Å². The number of aryl methyl sites for hydroxylation is 1. The Morgan fingerprint density at radius 1 is 1.37 bits per heavy atom.